The maximum Gasteiger partial charge on any atom is 0.0303 e. The molecule has 2 rings (SSSR count). The van der Waals surface area contributed by atoms with Gasteiger partial charge in [-0.15, -0.1) is 0 Å². The molecule has 2 fully saturated rings. The van der Waals surface area contributed by atoms with Crippen molar-refractivity contribution in [2.45, 2.75) is 45.1 Å². The minimum atomic E-state index is 0.376. The van der Waals surface area contributed by atoms with Crippen LogP contribution in [0.1, 0.15) is 39.5 Å². The molecule has 0 spiro atoms. The first kappa shape index (κ1) is 14.3. The molecule has 1 atom stereocenters. The van der Waals surface area contributed by atoms with Gasteiger partial charge in [-0.1, -0.05) is 13.8 Å². The number of nitrogens with zero attached hydrogens (tertiary/aromatic N) is 2. The molecular weight excluding hydrogens is 222 g/mol. The van der Waals surface area contributed by atoms with Crippen molar-refractivity contribution in [3.63, 3.8) is 0 Å². The standard InChI is InChI=1S/C15H31N3/c1-4-15(5-2)13-18(9-6-8-16-15)12-14-7-10-17(3)11-14/h14,16H,4-13H2,1-3H3. The van der Waals surface area contributed by atoms with Crippen molar-refractivity contribution in [1.29, 1.82) is 0 Å². The average molecular weight is 253 g/mol. The summed E-state index contributed by atoms with van der Waals surface area (Å²) < 4.78 is 0. The predicted octanol–water partition coefficient (Wildman–Crippen LogP) is 1.79. The van der Waals surface area contributed by atoms with E-state index in [2.05, 4.69) is 36.0 Å². The lowest BCUT2D eigenvalue weighted by molar-refractivity contribution is 0.175. The highest BCUT2D eigenvalue weighted by Crippen LogP contribution is 2.22. The highest BCUT2D eigenvalue weighted by atomic mass is 15.2. The third-order valence-electron chi connectivity index (χ3n) is 5.04. The van der Waals surface area contributed by atoms with Crippen LogP contribution in [0.25, 0.3) is 0 Å². The maximum absolute atomic E-state index is 3.81. The summed E-state index contributed by atoms with van der Waals surface area (Å²) in [6, 6.07) is 0. The van der Waals surface area contributed by atoms with Crippen molar-refractivity contribution < 1.29 is 0 Å². The van der Waals surface area contributed by atoms with Crippen LogP contribution >= 0.6 is 0 Å². The van der Waals surface area contributed by atoms with E-state index < -0.39 is 0 Å². The van der Waals surface area contributed by atoms with Gasteiger partial charge < -0.3 is 15.1 Å². The summed E-state index contributed by atoms with van der Waals surface area (Å²) in [5.41, 5.74) is 0.376. The highest BCUT2D eigenvalue weighted by Gasteiger charge is 2.31. The first-order valence-corrected chi connectivity index (χ1v) is 7.83. The van der Waals surface area contributed by atoms with Crippen molar-refractivity contribution >= 4 is 0 Å². The molecule has 3 heteroatoms. The van der Waals surface area contributed by atoms with Gasteiger partial charge in [-0.2, -0.15) is 0 Å². The zero-order valence-corrected chi connectivity index (χ0v) is 12.5. The van der Waals surface area contributed by atoms with Crippen LogP contribution in [0.15, 0.2) is 0 Å². The number of rotatable bonds is 4. The van der Waals surface area contributed by atoms with Crippen LogP contribution in [-0.4, -0.2) is 61.7 Å². The molecular formula is C15H31N3. The van der Waals surface area contributed by atoms with Gasteiger partial charge in [0.05, 0.1) is 0 Å². The molecule has 2 aliphatic heterocycles. The summed E-state index contributed by atoms with van der Waals surface area (Å²) in [7, 11) is 2.26. The molecule has 2 saturated heterocycles. The van der Waals surface area contributed by atoms with Gasteiger partial charge in [-0.3, -0.25) is 0 Å². The molecule has 18 heavy (non-hydrogen) atoms. The first-order chi connectivity index (χ1) is 8.67. The summed E-state index contributed by atoms with van der Waals surface area (Å²) in [6.45, 7) is 12.3. The third kappa shape index (κ3) is 3.46. The van der Waals surface area contributed by atoms with Crippen LogP contribution in [0.2, 0.25) is 0 Å². The SMILES string of the molecule is CCC1(CC)CN(CC2CCN(C)C2)CCCN1. The minimum absolute atomic E-state index is 0.376. The Labute approximate surface area is 113 Å². The number of hydrogen-bond acceptors (Lipinski definition) is 3. The monoisotopic (exact) mass is 253 g/mol. The Morgan fingerprint density at radius 1 is 1.22 bits per heavy atom. The third-order valence-corrected chi connectivity index (χ3v) is 5.04. The largest absolute Gasteiger partial charge is 0.310 e. The van der Waals surface area contributed by atoms with Gasteiger partial charge in [0.2, 0.25) is 0 Å². The lowest BCUT2D eigenvalue weighted by Gasteiger charge is -2.36. The van der Waals surface area contributed by atoms with Gasteiger partial charge in [0, 0.05) is 25.2 Å². The van der Waals surface area contributed by atoms with Gasteiger partial charge in [-0.05, 0) is 58.3 Å². The second-order valence-electron chi connectivity index (χ2n) is 6.42. The normalized spacial score (nSPS) is 30.5. The van der Waals surface area contributed by atoms with E-state index in [0.29, 0.717) is 5.54 Å². The van der Waals surface area contributed by atoms with Crippen molar-refractivity contribution in [2.24, 2.45) is 5.92 Å². The van der Waals surface area contributed by atoms with Gasteiger partial charge in [0.1, 0.15) is 0 Å². The Morgan fingerprint density at radius 3 is 2.61 bits per heavy atom. The number of nitrogens with one attached hydrogen (secondary N) is 1. The van der Waals surface area contributed by atoms with Crippen LogP contribution in [0.5, 0.6) is 0 Å². The first-order valence-electron chi connectivity index (χ1n) is 7.83. The predicted molar refractivity (Wildman–Crippen MR) is 78.0 cm³/mol. The highest BCUT2D eigenvalue weighted by molar-refractivity contribution is 4.92. The Kier molecular flexibility index (Phi) is 5.05. The molecule has 0 radical (unpaired) electrons. The molecule has 3 nitrogen and oxygen atoms in total. The zero-order chi connectivity index (χ0) is 13.0. The smallest absolute Gasteiger partial charge is 0.0303 e. The fourth-order valence-electron chi connectivity index (χ4n) is 3.64. The van der Waals surface area contributed by atoms with Crippen LogP contribution in [0.3, 0.4) is 0 Å². The summed E-state index contributed by atoms with van der Waals surface area (Å²) in [6.07, 6.45) is 5.21. The molecule has 2 aliphatic rings. The Morgan fingerprint density at radius 2 is 2.00 bits per heavy atom. The summed E-state index contributed by atoms with van der Waals surface area (Å²) in [5, 5.41) is 3.81. The second-order valence-corrected chi connectivity index (χ2v) is 6.42. The molecule has 0 aliphatic carbocycles. The molecule has 2 heterocycles. The van der Waals surface area contributed by atoms with Crippen molar-refractivity contribution in [3.05, 3.63) is 0 Å². The molecule has 1 N–H and O–H groups in total. The molecule has 0 saturated carbocycles. The zero-order valence-electron chi connectivity index (χ0n) is 12.5. The fourth-order valence-corrected chi connectivity index (χ4v) is 3.64. The van der Waals surface area contributed by atoms with E-state index in [0.717, 1.165) is 5.92 Å². The molecule has 0 aromatic rings. The average Bonchev–Trinajstić information content (AvgIpc) is 2.66. The topological polar surface area (TPSA) is 18.5 Å². The van der Waals surface area contributed by atoms with Crippen molar-refractivity contribution in [3.8, 4) is 0 Å². The van der Waals surface area contributed by atoms with Crippen LogP contribution in [0, 0.1) is 5.92 Å². The van der Waals surface area contributed by atoms with Crippen LogP contribution in [0.4, 0.5) is 0 Å². The summed E-state index contributed by atoms with van der Waals surface area (Å²) >= 11 is 0. The summed E-state index contributed by atoms with van der Waals surface area (Å²) in [5.74, 6) is 0.902. The van der Waals surface area contributed by atoms with E-state index in [4.69, 9.17) is 0 Å². The summed E-state index contributed by atoms with van der Waals surface area (Å²) in [4.78, 5) is 5.21. The van der Waals surface area contributed by atoms with Gasteiger partial charge >= 0.3 is 0 Å². The molecule has 0 amide bonds. The number of likely N-dealkylation sites (tertiary alicyclic amines) is 1. The van der Waals surface area contributed by atoms with E-state index in [9.17, 15) is 0 Å². The molecule has 106 valence electrons. The van der Waals surface area contributed by atoms with Crippen molar-refractivity contribution in [2.75, 3.05) is 46.3 Å². The van der Waals surface area contributed by atoms with Gasteiger partial charge in [0.25, 0.3) is 0 Å². The van der Waals surface area contributed by atoms with E-state index in [1.165, 1.54) is 65.0 Å². The maximum atomic E-state index is 3.81. The Balaban J connectivity index is 1.90. The van der Waals surface area contributed by atoms with Crippen LogP contribution < -0.4 is 5.32 Å². The quantitative estimate of drug-likeness (QED) is 0.824. The van der Waals surface area contributed by atoms with E-state index in [1.54, 1.807) is 0 Å². The van der Waals surface area contributed by atoms with Crippen LogP contribution in [-0.2, 0) is 0 Å². The Hall–Kier alpha value is -0.120. The Bertz CT molecular complexity index is 250. The van der Waals surface area contributed by atoms with Gasteiger partial charge in [0.15, 0.2) is 0 Å². The van der Waals surface area contributed by atoms with Gasteiger partial charge in [-0.25, -0.2) is 0 Å². The molecule has 0 aromatic carbocycles. The van der Waals surface area contributed by atoms with E-state index in [1.807, 2.05) is 0 Å². The minimum Gasteiger partial charge on any atom is -0.310 e. The van der Waals surface area contributed by atoms with E-state index >= 15 is 0 Å². The fraction of sp³-hybridized carbons (Fsp3) is 1.00. The lowest BCUT2D eigenvalue weighted by atomic mass is 9.92. The van der Waals surface area contributed by atoms with Crippen molar-refractivity contribution in [1.82, 2.24) is 15.1 Å². The van der Waals surface area contributed by atoms with E-state index in [-0.39, 0.29) is 0 Å². The molecule has 0 bridgehead atoms. The molecule has 0 aromatic heterocycles. The second kappa shape index (κ2) is 6.36. The molecule has 1 unspecified atom stereocenters. The lowest BCUT2D eigenvalue weighted by Crippen LogP contribution is -2.51. The number of hydrogen-bond donors (Lipinski definition) is 1.